The zero-order valence-electron chi connectivity index (χ0n) is 17.7. The van der Waals surface area contributed by atoms with Crippen LogP contribution in [0, 0.1) is 34.6 Å². The monoisotopic (exact) mass is 431 g/mol. The first-order chi connectivity index (χ1) is 14.2. The van der Waals surface area contributed by atoms with Crippen molar-refractivity contribution >= 4 is 15.8 Å². The average molecular weight is 432 g/mol. The molecule has 0 amide bonds. The molecular formula is C19H25N7O3S. The molecule has 3 aromatic rings. The van der Waals surface area contributed by atoms with E-state index < -0.39 is 10.0 Å². The van der Waals surface area contributed by atoms with Crippen LogP contribution in [0.25, 0.3) is 5.82 Å². The molecule has 11 heteroatoms. The number of aryl methyl sites for hydroxylation is 4. The highest BCUT2D eigenvalue weighted by Gasteiger charge is 2.33. The van der Waals surface area contributed by atoms with Gasteiger partial charge in [-0.3, -0.25) is 4.57 Å². The van der Waals surface area contributed by atoms with Crippen LogP contribution in [0.5, 0.6) is 0 Å². The first kappa shape index (κ1) is 20.5. The van der Waals surface area contributed by atoms with Crippen molar-refractivity contribution in [2.45, 2.75) is 39.5 Å². The zero-order chi connectivity index (χ0) is 21.6. The predicted octanol–water partition coefficient (Wildman–Crippen LogP) is 1.70. The molecule has 0 radical (unpaired) electrons. The van der Waals surface area contributed by atoms with Crippen molar-refractivity contribution in [1.29, 1.82) is 0 Å². The topological polar surface area (TPSA) is 110 Å². The maximum Gasteiger partial charge on any atom is 0.248 e. The van der Waals surface area contributed by atoms with Crippen molar-refractivity contribution in [1.82, 2.24) is 29.0 Å². The minimum absolute atomic E-state index is 0.169. The van der Waals surface area contributed by atoms with Crippen LogP contribution in [0.15, 0.2) is 21.8 Å². The Morgan fingerprint density at radius 3 is 2.17 bits per heavy atom. The summed E-state index contributed by atoms with van der Waals surface area (Å²) in [5, 5.41) is 3.78. The van der Waals surface area contributed by atoms with Crippen molar-refractivity contribution in [2.75, 3.05) is 31.1 Å². The number of hydrogen-bond acceptors (Lipinski definition) is 8. The maximum atomic E-state index is 13.0. The lowest BCUT2D eigenvalue weighted by Gasteiger charge is -2.34. The van der Waals surface area contributed by atoms with Crippen molar-refractivity contribution < 1.29 is 12.9 Å². The smallest absolute Gasteiger partial charge is 0.248 e. The van der Waals surface area contributed by atoms with Gasteiger partial charge in [0, 0.05) is 37.9 Å². The van der Waals surface area contributed by atoms with E-state index in [1.54, 1.807) is 20.2 Å². The maximum absolute atomic E-state index is 13.0. The summed E-state index contributed by atoms with van der Waals surface area (Å²) in [6, 6.07) is 1.92. The van der Waals surface area contributed by atoms with Crippen LogP contribution in [0.2, 0.25) is 0 Å². The highest BCUT2D eigenvalue weighted by atomic mass is 32.2. The van der Waals surface area contributed by atoms with Gasteiger partial charge in [-0.15, -0.1) is 0 Å². The van der Waals surface area contributed by atoms with Crippen LogP contribution in [-0.2, 0) is 10.0 Å². The van der Waals surface area contributed by atoms with E-state index in [4.69, 9.17) is 4.52 Å². The summed E-state index contributed by atoms with van der Waals surface area (Å²) in [5.74, 6) is 2.50. The fourth-order valence-corrected chi connectivity index (χ4v) is 5.39. The molecule has 30 heavy (non-hydrogen) atoms. The minimum atomic E-state index is -3.64. The first-order valence-electron chi connectivity index (χ1n) is 9.73. The molecule has 0 aromatic carbocycles. The average Bonchev–Trinajstić information content (AvgIpc) is 3.23. The van der Waals surface area contributed by atoms with Crippen LogP contribution in [0.4, 0.5) is 5.82 Å². The normalized spacial score (nSPS) is 15.7. The highest BCUT2D eigenvalue weighted by Crippen LogP contribution is 2.26. The molecule has 1 fully saturated rings. The summed E-state index contributed by atoms with van der Waals surface area (Å²) < 4.78 is 34.5. The van der Waals surface area contributed by atoms with Gasteiger partial charge < -0.3 is 9.42 Å². The summed E-state index contributed by atoms with van der Waals surface area (Å²) in [7, 11) is -3.64. The van der Waals surface area contributed by atoms with E-state index >= 15 is 0 Å². The second-order valence-electron chi connectivity index (χ2n) is 7.46. The molecule has 1 aliphatic rings. The van der Waals surface area contributed by atoms with Gasteiger partial charge in [0.25, 0.3) is 0 Å². The lowest BCUT2D eigenvalue weighted by molar-refractivity contribution is 0.377. The van der Waals surface area contributed by atoms with Gasteiger partial charge in [-0.25, -0.2) is 23.4 Å². The molecule has 1 aliphatic heterocycles. The zero-order valence-corrected chi connectivity index (χ0v) is 18.6. The van der Waals surface area contributed by atoms with Crippen LogP contribution in [0.1, 0.15) is 28.7 Å². The standard InChI is InChI=1S/C19H25N7O3S/c1-12-14(3)26(11-20-12)18-10-17(21-16(5)22-18)24-6-8-25(9-7-24)30(27,28)19-13(2)23-29-15(19)4/h10-11H,6-9H2,1-5H3. The number of rotatable bonds is 4. The molecule has 4 heterocycles. The van der Waals surface area contributed by atoms with Gasteiger partial charge in [0.1, 0.15) is 34.4 Å². The summed E-state index contributed by atoms with van der Waals surface area (Å²) in [6.45, 7) is 10.8. The summed E-state index contributed by atoms with van der Waals surface area (Å²) in [5.41, 5.74) is 2.36. The molecule has 10 nitrogen and oxygen atoms in total. The lowest BCUT2D eigenvalue weighted by Crippen LogP contribution is -2.49. The molecular weight excluding hydrogens is 406 g/mol. The molecule has 0 aliphatic carbocycles. The van der Waals surface area contributed by atoms with E-state index in [9.17, 15) is 8.42 Å². The van der Waals surface area contributed by atoms with Gasteiger partial charge in [-0.2, -0.15) is 4.31 Å². The van der Waals surface area contributed by atoms with Crippen LogP contribution < -0.4 is 4.90 Å². The van der Waals surface area contributed by atoms with Gasteiger partial charge in [-0.05, 0) is 34.6 Å². The summed E-state index contributed by atoms with van der Waals surface area (Å²) in [6.07, 6.45) is 1.75. The van der Waals surface area contributed by atoms with Crippen molar-refractivity contribution in [3.05, 3.63) is 41.1 Å². The predicted molar refractivity (Wildman–Crippen MR) is 110 cm³/mol. The molecule has 1 saturated heterocycles. The van der Waals surface area contributed by atoms with Crippen LogP contribution in [0.3, 0.4) is 0 Å². The fraction of sp³-hybridized carbons (Fsp3) is 0.474. The Labute approximate surface area is 175 Å². The first-order valence-corrected chi connectivity index (χ1v) is 11.2. The van der Waals surface area contributed by atoms with Gasteiger partial charge in [0.2, 0.25) is 10.0 Å². The summed E-state index contributed by atoms with van der Waals surface area (Å²) in [4.78, 5) is 15.7. The molecule has 0 atom stereocenters. The molecule has 0 spiro atoms. The summed E-state index contributed by atoms with van der Waals surface area (Å²) >= 11 is 0. The Morgan fingerprint density at radius 2 is 1.60 bits per heavy atom. The molecule has 0 unspecified atom stereocenters. The van der Waals surface area contributed by atoms with Crippen LogP contribution >= 0.6 is 0 Å². The molecule has 0 bridgehead atoms. The Morgan fingerprint density at radius 1 is 0.933 bits per heavy atom. The van der Waals surface area contributed by atoms with Crippen LogP contribution in [-0.4, -0.2) is 63.6 Å². The van der Waals surface area contributed by atoms with Gasteiger partial charge in [0.05, 0.1) is 5.69 Å². The van der Waals surface area contributed by atoms with E-state index in [0.717, 1.165) is 23.0 Å². The second-order valence-corrected chi connectivity index (χ2v) is 9.34. The molecule has 160 valence electrons. The number of anilines is 1. The largest absolute Gasteiger partial charge is 0.360 e. The Kier molecular flexibility index (Phi) is 5.10. The van der Waals surface area contributed by atoms with Crippen molar-refractivity contribution in [3.63, 3.8) is 0 Å². The van der Waals surface area contributed by atoms with E-state index in [2.05, 4.69) is 25.0 Å². The molecule has 0 saturated carbocycles. The van der Waals surface area contributed by atoms with Crippen molar-refractivity contribution in [2.24, 2.45) is 0 Å². The number of imidazole rings is 1. The third-order valence-corrected chi connectivity index (χ3v) is 7.58. The van der Waals surface area contributed by atoms with E-state index in [-0.39, 0.29) is 4.90 Å². The Hall–Kier alpha value is -2.79. The van der Waals surface area contributed by atoms with Gasteiger partial charge >= 0.3 is 0 Å². The number of hydrogen-bond donors (Lipinski definition) is 0. The number of nitrogens with zero attached hydrogens (tertiary/aromatic N) is 7. The Bertz CT molecular complexity index is 1170. The minimum Gasteiger partial charge on any atom is -0.360 e. The number of aromatic nitrogens is 5. The van der Waals surface area contributed by atoms with E-state index in [1.165, 1.54) is 4.31 Å². The van der Waals surface area contributed by atoms with Gasteiger partial charge in [0.15, 0.2) is 5.76 Å². The second kappa shape index (κ2) is 7.47. The van der Waals surface area contributed by atoms with Gasteiger partial charge in [-0.1, -0.05) is 5.16 Å². The SMILES string of the molecule is Cc1nc(N2CCN(S(=O)(=O)c3c(C)noc3C)CC2)cc(-n2cnc(C)c2C)n1. The highest BCUT2D eigenvalue weighted by molar-refractivity contribution is 7.89. The third-order valence-electron chi connectivity index (χ3n) is 5.44. The van der Waals surface area contributed by atoms with Crippen molar-refractivity contribution in [3.8, 4) is 5.82 Å². The van der Waals surface area contributed by atoms with E-state index in [0.29, 0.717) is 43.5 Å². The fourth-order valence-electron chi connectivity index (χ4n) is 3.68. The molecule has 4 rings (SSSR count). The quantitative estimate of drug-likeness (QED) is 0.614. The van der Waals surface area contributed by atoms with E-state index in [1.807, 2.05) is 31.4 Å². The number of piperazine rings is 1. The molecule has 0 N–H and O–H groups in total. The molecule has 3 aromatic heterocycles. The number of sulfonamides is 1. The Balaban J connectivity index is 1.56. The lowest BCUT2D eigenvalue weighted by atomic mass is 10.3. The third kappa shape index (κ3) is 3.47.